The molecular formula is C26H26N2O3S2. The van der Waals surface area contributed by atoms with Crippen LogP contribution in [0.2, 0.25) is 0 Å². The lowest BCUT2D eigenvalue weighted by Crippen LogP contribution is -2.29. The number of carbonyl (C=O) groups is 1. The molecule has 0 saturated carbocycles. The molecule has 0 aliphatic carbocycles. The molecule has 0 spiro atoms. The second kappa shape index (κ2) is 11.7. The van der Waals surface area contributed by atoms with Gasteiger partial charge in [-0.05, 0) is 55.0 Å². The fraction of sp³-hybridized carbons (Fsp3) is 0.231. The maximum Gasteiger partial charge on any atom is 0.336 e. The first-order chi connectivity index (χ1) is 16.2. The van der Waals surface area contributed by atoms with Crippen molar-refractivity contribution in [2.75, 3.05) is 30.3 Å². The summed E-state index contributed by atoms with van der Waals surface area (Å²) in [5.41, 5.74) is 1.39. The molecule has 0 radical (unpaired) electrons. The highest BCUT2D eigenvalue weighted by atomic mass is 32.2. The molecule has 5 nitrogen and oxygen atoms in total. The van der Waals surface area contributed by atoms with Gasteiger partial charge in [0, 0.05) is 11.4 Å². The monoisotopic (exact) mass is 478 g/mol. The van der Waals surface area contributed by atoms with Crippen LogP contribution in [-0.2, 0) is 0 Å². The maximum absolute atomic E-state index is 11.4. The lowest BCUT2D eigenvalue weighted by Gasteiger charge is -2.22. The number of fused-ring (bicyclic) bond motifs is 1. The van der Waals surface area contributed by atoms with E-state index in [9.17, 15) is 9.90 Å². The Balaban J connectivity index is 1.33. The molecular weight excluding hydrogens is 452 g/mol. The molecule has 7 heteroatoms. The van der Waals surface area contributed by atoms with Gasteiger partial charge in [0.25, 0.3) is 0 Å². The number of aromatic nitrogens is 1. The molecule has 4 aromatic rings. The summed E-state index contributed by atoms with van der Waals surface area (Å²) in [6, 6.07) is 25.2. The summed E-state index contributed by atoms with van der Waals surface area (Å²) in [6.45, 7) is 2.21. The Morgan fingerprint density at radius 3 is 2.52 bits per heavy atom. The van der Waals surface area contributed by atoms with Crippen LogP contribution < -0.4 is 9.64 Å². The number of para-hydroxylation sites is 2. The number of thiazole rings is 1. The summed E-state index contributed by atoms with van der Waals surface area (Å²) < 4.78 is 7.11. The number of rotatable bonds is 12. The van der Waals surface area contributed by atoms with E-state index < -0.39 is 5.97 Å². The van der Waals surface area contributed by atoms with Crippen molar-refractivity contribution < 1.29 is 14.6 Å². The number of benzene rings is 3. The summed E-state index contributed by atoms with van der Waals surface area (Å²) in [4.78, 5) is 19.3. The van der Waals surface area contributed by atoms with E-state index in [1.54, 1.807) is 35.2 Å². The molecule has 0 aliphatic rings. The van der Waals surface area contributed by atoms with Gasteiger partial charge in [0.2, 0.25) is 0 Å². The van der Waals surface area contributed by atoms with Crippen LogP contribution in [0.4, 0.5) is 5.13 Å². The minimum atomic E-state index is -0.876. The molecule has 4 rings (SSSR count). The van der Waals surface area contributed by atoms with E-state index in [-0.39, 0.29) is 0 Å². The molecule has 0 unspecified atom stereocenters. The first-order valence-corrected chi connectivity index (χ1v) is 12.7. The molecule has 1 aromatic heterocycles. The smallest absolute Gasteiger partial charge is 0.336 e. The topological polar surface area (TPSA) is 62.7 Å². The second-order valence-electron chi connectivity index (χ2n) is 7.47. The number of thioether (sulfide) groups is 1. The number of unbranched alkanes of at least 4 members (excludes halogenated alkanes) is 1. The van der Waals surface area contributed by atoms with Gasteiger partial charge in [-0.3, -0.25) is 0 Å². The van der Waals surface area contributed by atoms with Crippen molar-refractivity contribution in [2.24, 2.45) is 0 Å². The Bertz CT molecular complexity index is 1150. The third kappa shape index (κ3) is 6.49. The number of hydrogen-bond donors (Lipinski definition) is 1. The molecule has 3 aromatic carbocycles. The van der Waals surface area contributed by atoms with E-state index in [2.05, 4.69) is 11.0 Å². The van der Waals surface area contributed by atoms with E-state index >= 15 is 0 Å². The minimum absolute atomic E-state index is 0.372. The second-order valence-corrected chi connectivity index (χ2v) is 9.62. The molecule has 0 amide bonds. The maximum atomic E-state index is 11.4. The van der Waals surface area contributed by atoms with E-state index in [0.717, 1.165) is 53.0 Å². The number of carboxylic acid groups (broad SMARTS) is 1. The van der Waals surface area contributed by atoms with Gasteiger partial charge >= 0.3 is 5.97 Å². The van der Waals surface area contributed by atoms with Gasteiger partial charge in [0.1, 0.15) is 12.4 Å². The lowest BCUT2D eigenvalue weighted by atomic mass is 10.2. The summed E-state index contributed by atoms with van der Waals surface area (Å²) in [7, 11) is 0. The largest absolute Gasteiger partial charge is 0.492 e. The third-order valence-electron chi connectivity index (χ3n) is 5.12. The van der Waals surface area contributed by atoms with Crippen molar-refractivity contribution in [3.05, 3.63) is 84.4 Å². The molecule has 0 saturated heterocycles. The standard InChI is InChI=1S/C26H26N2O3S2/c29-25(30)21-12-4-6-14-23(21)32-19-9-8-16-28(17-18-31-20-10-2-1-3-11-20)26-27-22-13-5-7-15-24(22)33-26/h1-7,10-15H,8-9,16-19H2,(H,29,30). The quantitative estimate of drug-likeness (QED) is 0.186. The molecule has 1 heterocycles. The van der Waals surface area contributed by atoms with Crippen molar-refractivity contribution in [1.82, 2.24) is 4.98 Å². The molecule has 0 atom stereocenters. The fourth-order valence-electron chi connectivity index (χ4n) is 3.44. The lowest BCUT2D eigenvalue weighted by molar-refractivity contribution is 0.0693. The molecule has 170 valence electrons. The molecule has 1 N–H and O–H groups in total. The summed E-state index contributed by atoms with van der Waals surface area (Å²) >= 11 is 3.31. The Labute approximate surface area is 202 Å². The average molecular weight is 479 g/mol. The van der Waals surface area contributed by atoms with Crippen LogP contribution in [0.3, 0.4) is 0 Å². The van der Waals surface area contributed by atoms with Crippen LogP contribution in [0.5, 0.6) is 5.75 Å². The number of anilines is 1. The first-order valence-electron chi connectivity index (χ1n) is 10.9. The normalized spacial score (nSPS) is 10.9. The van der Waals surface area contributed by atoms with Gasteiger partial charge in [0.05, 0.1) is 22.3 Å². The Kier molecular flexibility index (Phi) is 8.22. The van der Waals surface area contributed by atoms with Gasteiger partial charge < -0.3 is 14.7 Å². The van der Waals surface area contributed by atoms with Crippen molar-refractivity contribution >= 4 is 44.4 Å². The zero-order valence-corrected chi connectivity index (χ0v) is 19.9. The molecule has 33 heavy (non-hydrogen) atoms. The summed E-state index contributed by atoms with van der Waals surface area (Å²) in [5, 5.41) is 10.4. The van der Waals surface area contributed by atoms with Crippen LogP contribution >= 0.6 is 23.1 Å². The van der Waals surface area contributed by atoms with Crippen LogP contribution in [0, 0.1) is 0 Å². The molecule has 0 aliphatic heterocycles. The van der Waals surface area contributed by atoms with Gasteiger partial charge in [-0.2, -0.15) is 0 Å². The minimum Gasteiger partial charge on any atom is -0.492 e. The highest BCUT2D eigenvalue weighted by molar-refractivity contribution is 7.99. The van der Waals surface area contributed by atoms with Crippen LogP contribution in [0.1, 0.15) is 23.2 Å². The Morgan fingerprint density at radius 1 is 0.939 bits per heavy atom. The third-order valence-corrected chi connectivity index (χ3v) is 7.38. The highest BCUT2D eigenvalue weighted by Crippen LogP contribution is 2.29. The van der Waals surface area contributed by atoms with E-state index in [0.29, 0.717) is 12.2 Å². The predicted octanol–water partition coefficient (Wildman–Crippen LogP) is 6.45. The average Bonchev–Trinajstić information content (AvgIpc) is 3.28. The highest BCUT2D eigenvalue weighted by Gasteiger charge is 2.13. The zero-order valence-electron chi connectivity index (χ0n) is 18.2. The van der Waals surface area contributed by atoms with Crippen molar-refractivity contribution in [3.8, 4) is 5.75 Å². The number of hydrogen-bond acceptors (Lipinski definition) is 6. The number of carboxylic acids is 1. The predicted molar refractivity (Wildman–Crippen MR) is 137 cm³/mol. The van der Waals surface area contributed by atoms with Crippen LogP contribution in [0.25, 0.3) is 10.2 Å². The molecule has 0 fully saturated rings. The van der Waals surface area contributed by atoms with Gasteiger partial charge in [-0.15, -0.1) is 11.8 Å². The Hall–Kier alpha value is -3.03. The van der Waals surface area contributed by atoms with Crippen LogP contribution in [0.15, 0.2) is 83.8 Å². The summed E-state index contributed by atoms with van der Waals surface area (Å²) in [6.07, 6.45) is 1.98. The number of ether oxygens (including phenoxy) is 1. The van der Waals surface area contributed by atoms with E-state index in [4.69, 9.17) is 9.72 Å². The SMILES string of the molecule is O=C(O)c1ccccc1SCCCCN(CCOc1ccccc1)c1nc2ccccc2s1. The van der Waals surface area contributed by atoms with E-state index in [1.165, 1.54) is 4.70 Å². The van der Waals surface area contributed by atoms with Crippen LogP contribution in [-0.4, -0.2) is 41.5 Å². The summed E-state index contributed by atoms with van der Waals surface area (Å²) in [5.74, 6) is 0.868. The zero-order chi connectivity index (χ0) is 22.9. The van der Waals surface area contributed by atoms with Crippen molar-refractivity contribution in [1.29, 1.82) is 0 Å². The van der Waals surface area contributed by atoms with E-state index in [1.807, 2.05) is 60.7 Å². The number of aromatic carboxylic acids is 1. The van der Waals surface area contributed by atoms with Crippen molar-refractivity contribution in [3.63, 3.8) is 0 Å². The first kappa shape index (κ1) is 23.1. The van der Waals surface area contributed by atoms with Gasteiger partial charge in [0.15, 0.2) is 5.13 Å². The molecule has 0 bridgehead atoms. The van der Waals surface area contributed by atoms with Gasteiger partial charge in [-0.1, -0.05) is 53.8 Å². The Morgan fingerprint density at radius 2 is 1.70 bits per heavy atom. The van der Waals surface area contributed by atoms with Crippen molar-refractivity contribution in [2.45, 2.75) is 17.7 Å². The number of nitrogens with zero attached hydrogens (tertiary/aromatic N) is 2. The fourth-order valence-corrected chi connectivity index (χ4v) is 5.52. The van der Waals surface area contributed by atoms with Gasteiger partial charge in [-0.25, -0.2) is 9.78 Å².